The second kappa shape index (κ2) is 5.14. The molecule has 2 rings (SSSR count). The zero-order valence-electron chi connectivity index (χ0n) is 9.28. The minimum Gasteiger partial charge on any atom is -0.366 e. The van der Waals surface area contributed by atoms with E-state index in [1.165, 1.54) is 0 Å². The third kappa shape index (κ3) is 2.56. The highest BCUT2D eigenvalue weighted by Crippen LogP contribution is 2.18. The minimum absolute atomic E-state index is 0.276. The summed E-state index contributed by atoms with van der Waals surface area (Å²) in [6.07, 6.45) is 0. The van der Waals surface area contributed by atoms with Gasteiger partial charge < -0.3 is 5.73 Å². The van der Waals surface area contributed by atoms with Gasteiger partial charge in [0.25, 0.3) is 0 Å². The number of nitrogen functional groups attached to an aromatic ring is 1. The number of nitrogens with zero attached hydrogens (tertiary/aromatic N) is 2. The molecule has 0 aliphatic rings. The van der Waals surface area contributed by atoms with Crippen molar-refractivity contribution in [2.75, 3.05) is 5.73 Å². The van der Waals surface area contributed by atoms with Gasteiger partial charge >= 0.3 is 0 Å². The van der Waals surface area contributed by atoms with E-state index in [4.69, 9.17) is 5.73 Å². The van der Waals surface area contributed by atoms with E-state index in [1.807, 2.05) is 45.0 Å². The van der Waals surface area contributed by atoms with E-state index in [1.54, 1.807) is 0 Å². The van der Waals surface area contributed by atoms with Crippen LogP contribution < -0.4 is 5.73 Å². The maximum absolute atomic E-state index is 5.41. The van der Waals surface area contributed by atoms with Crippen molar-refractivity contribution in [3.63, 3.8) is 0 Å². The van der Waals surface area contributed by atoms with Crippen LogP contribution in [0.5, 0.6) is 0 Å². The van der Waals surface area contributed by atoms with Crippen molar-refractivity contribution < 1.29 is 0 Å². The maximum Gasteiger partial charge on any atom is 0.239 e. The SMILES string of the molecule is CC.Cc1ccccc1-c1nc(N)n[nH]1. The number of hydrogen-bond acceptors (Lipinski definition) is 3. The van der Waals surface area contributed by atoms with Crippen LogP contribution in [0.25, 0.3) is 11.4 Å². The molecule has 0 aliphatic carbocycles. The zero-order valence-corrected chi connectivity index (χ0v) is 9.28. The van der Waals surface area contributed by atoms with E-state index in [0.717, 1.165) is 17.0 Å². The molecule has 2 aromatic rings. The monoisotopic (exact) mass is 204 g/mol. The second-order valence-corrected chi connectivity index (χ2v) is 2.86. The average molecular weight is 204 g/mol. The number of benzene rings is 1. The first-order valence-electron chi connectivity index (χ1n) is 5.01. The van der Waals surface area contributed by atoms with Crippen LogP contribution >= 0.6 is 0 Å². The third-order valence-corrected chi connectivity index (χ3v) is 1.90. The molecule has 4 heteroatoms. The van der Waals surface area contributed by atoms with Gasteiger partial charge in [-0.1, -0.05) is 38.1 Å². The summed E-state index contributed by atoms with van der Waals surface area (Å²) in [4.78, 5) is 4.05. The summed E-state index contributed by atoms with van der Waals surface area (Å²) in [5.41, 5.74) is 7.60. The van der Waals surface area contributed by atoms with E-state index in [2.05, 4.69) is 15.2 Å². The van der Waals surface area contributed by atoms with Gasteiger partial charge in [0.2, 0.25) is 5.95 Å². The van der Waals surface area contributed by atoms with Gasteiger partial charge in [0.1, 0.15) is 0 Å². The van der Waals surface area contributed by atoms with Crippen LogP contribution in [0, 0.1) is 6.92 Å². The normalized spacial score (nSPS) is 9.27. The minimum atomic E-state index is 0.276. The molecule has 15 heavy (non-hydrogen) atoms. The van der Waals surface area contributed by atoms with Crippen LogP contribution in [0.4, 0.5) is 5.95 Å². The highest BCUT2D eigenvalue weighted by Gasteiger charge is 2.04. The van der Waals surface area contributed by atoms with Crippen LogP contribution in [0.2, 0.25) is 0 Å². The first kappa shape index (κ1) is 11.2. The smallest absolute Gasteiger partial charge is 0.239 e. The highest BCUT2D eigenvalue weighted by molar-refractivity contribution is 5.60. The van der Waals surface area contributed by atoms with E-state index in [9.17, 15) is 0 Å². The Balaban J connectivity index is 0.000000531. The van der Waals surface area contributed by atoms with Gasteiger partial charge in [-0.25, -0.2) is 0 Å². The molecule has 1 aromatic carbocycles. The largest absolute Gasteiger partial charge is 0.366 e. The molecule has 0 saturated carbocycles. The van der Waals surface area contributed by atoms with Gasteiger partial charge in [0.05, 0.1) is 0 Å². The lowest BCUT2D eigenvalue weighted by Crippen LogP contribution is -1.86. The number of aryl methyl sites for hydroxylation is 1. The number of anilines is 1. The van der Waals surface area contributed by atoms with Gasteiger partial charge in [-0.05, 0) is 12.5 Å². The first-order valence-corrected chi connectivity index (χ1v) is 5.01. The molecule has 80 valence electrons. The number of H-pyrrole nitrogens is 1. The molecular formula is C11H16N4. The lowest BCUT2D eigenvalue weighted by Gasteiger charge is -1.99. The molecule has 0 bridgehead atoms. The van der Waals surface area contributed by atoms with Crippen molar-refractivity contribution in [2.45, 2.75) is 20.8 Å². The Hall–Kier alpha value is -1.84. The van der Waals surface area contributed by atoms with Crippen LogP contribution in [0.3, 0.4) is 0 Å². The Morgan fingerprint density at radius 1 is 1.20 bits per heavy atom. The molecule has 0 unspecified atom stereocenters. The number of aromatic amines is 1. The van der Waals surface area contributed by atoms with E-state index < -0.39 is 0 Å². The number of nitrogens with one attached hydrogen (secondary N) is 1. The van der Waals surface area contributed by atoms with Gasteiger partial charge in [0.15, 0.2) is 5.82 Å². The van der Waals surface area contributed by atoms with Crippen molar-refractivity contribution in [1.29, 1.82) is 0 Å². The van der Waals surface area contributed by atoms with Crippen LogP contribution in [-0.2, 0) is 0 Å². The van der Waals surface area contributed by atoms with E-state index in [0.29, 0.717) is 0 Å². The van der Waals surface area contributed by atoms with Gasteiger partial charge in [-0.15, -0.1) is 5.10 Å². The molecular weight excluding hydrogens is 188 g/mol. The second-order valence-electron chi connectivity index (χ2n) is 2.86. The molecule has 0 amide bonds. The van der Waals surface area contributed by atoms with E-state index in [-0.39, 0.29) is 5.95 Å². The number of rotatable bonds is 1. The summed E-state index contributed by atoms with van der Waals surface area (Å²) < 4.78 is 0. The number of nitrogens with two attached hydrogens (primary N) is 1. The summed E-state index contributed by atoms with van der Waals surface area (Å²) in [7, 11) is 0. The lowest BCUT2D eigenvalue weighted by atomic mass is 10.1. The van der Waals surface area contributed by atoms with Crippen LogP contribution in [0.1, 0.15) is 19.4 Å². The fourth-order valence-electron chi connectivity index (χ4n) is 1.23. The van der Waals surface area contributed by atoms with Crippen molar-refractivity contribution in [3.8, 4) is 11.4 Å². The van der Waals surface area contributed by atoms with Crippen molar-refractivity contribution in [3.05, 3.63) is 29.8 Å². The summed E-state index contributed by atoms with van der Waals surface area (Å²) in [6, 6.07) is 7.95. The molecule has 0 spiro atoms. The Labute approximate surface area is 89.5 Å². The van der Waals surface area contributed by atoms with E-state index >= 15 is 0 Å². The molecule has 1 aromatic heterocycles. The Morgan fingerprint density at radius 3 is 2.40 bits per heavy atom. The van der Waals surface area contributed by atoms with Crippen molar-refractivity contribution >= 4 is 5.95 Å². The highest BCUT2D eigenvalue weighted by atomic mass is 15.3. The molecule has 0 saturated heterocycles. The predicted octanol–water partition coefficient (Wildman–Crippen LogP) is 2.39. The third-order valence-electron chi connectivity index (χ3n) is 1.90. The molecule has 1 heterocycles. The Kier molecular flexibility index (Phi) is 3.85. The number of aromatic nitrogens is 3. The van der Waals surface area contributed by atoms with Gasteiger partial charge in [0, 0.05) is 5.56 Å². The Morgan fingerprint density at radius 2 is 1.87 bits per heavy atom. The first-order chi connectivity index (χ1) is 7.27. The molecule has 4 nitrogen and oxygen atoms in total. The standard InChI is InChI=1S/C9H10N4.C2H6/c1-6-4-2-3-5-7(6)8-11-9(10)13-12-8;1-2/h2-5H,1H3,(H3,10,11,12,13);1-2H3. The molecule has 3 N–H and O–H groups in total. The Bertz CT molecular complexity index is 420. The topological polar surface area (TPSA) is 67.6 Å². The zero-order chi connectivity index (χ0) is 11.3. The average Bonchev–Trinajstić information content (AvgIpc) is 2.68. The van der Waals surface area contributed by atoms with Crippen LogP contribution in [-0.4, -0.2) is 15.2 Å². The number of hydrogen-bond donors (Lipinski definition) is 2. The maximum atomic E-state index is 5.41. The van der Waals surface area contributed by atoms with Gasteiger partial charge in [-0.2, -0.15) is 4.98 Å². The van der Waals surface area contributed by atoms with Crippen molar-refractivity contribution in [2.24, 2.45) is 0 Å². The summed E-state index contributed by atoms with van der Waals surface area (Å²) in [5.74, 6) is 0.994. The van der Waals surface area contributed by atoms with Crippen LogP contribution in [0.15, 0.2) is 24.3 Å². The molecule has 0 aliphatic heterocycles. The fourth-order valence-corrected chi connectivity index (χ4v) is 1.23. The molecule has 0 fully saturated rings. The summed E-state index contributed by atoms with van der Waals surface area (Å²) >= 11 is 0. The summed E-state index contributed by atoms with van der Waals surface area (Å²) in [6.45, 7) is 6.02. The van der Waals surface area contributed by atoms with Crippen molar-refractivity contribution in [1.82, 2.24) is 15.2 Å². The fraction of sp³-hybridized carbons (Fsp3) is 0.273. The predicted molar refractivity (Wildman–Crippen MR) is 62.3 cm³/mol. The lowest BCUT2D eigenvalue weighted by molar-refractivity contribution is 1.10. The summed E-state index contributed by atoms with van der Waals surface area (Å²) in [5, 5.41) is 6.55. The quantitative estimate of drug-likeness (QED) is 0.749. The van der Waals surface area contributed by atoms with Gasteiger partial charge in [-0.3, -0.25) is 5.10 Å². The molecule has 0 radical (unpaired) electrons. The molecule has 0 atom stereocenters.